The second-order valence-corrected chi connectivity index (χ2v) is 3.34. The Morgan fingerprint density at radius 2 is 2.29 bits per heavy atom. The van der Waals surface area contributed by atoms with Crippen LogP contribution in [0.15, 0.2) is 29.0 Å². The molecular formula is C8H7BrN4O. The molecular weight excluding hydrogens is 248 g/mol. The first-order chi connectivity index (χ1) is 6.79. The molecule has 2 aromatic rings. The molecule has 72 valence electrons. The molecule has 2 rings (SSSR count). The van der Waals surface area contributed by atoms with Gasteiger partial charge in [0, 0.05) is 6.07 Å². The fourth-order valence-electron chi connectivity index (χ4n) is 1.00. The molecule has 0 N–H and O–H groups in total. The first-order valence-electron chi connectivity index (χ1n) is 3.89. The van der Waals surface area contributed by atoms with Gasteiger partial charge in [-0.1, -0.05) is 11.3 Å². The summed E-state index contributed by atoms with van der Waals surface area (Å²) in [7, 11) is 1.57. The van der Waals surface area contributed by atoms with Gasteiger partial charge in [0.2, 0.25) is 5.88 Å². The quantitative estimate of drug-likeness (QED) is 0.814. The van der Waals surface area contributed by atoms with Crippen molar-refractivity contribution >= 4 is 15.9 Å². The largest absolute Gasteiger partial charge is 0.481 e. The molecule has 0 saturated carbocycles. The van der Waals surface area contributed by atoms with Crippen molar-refractivity contribution in [1.82, 2.24) is 20.0 Å². The zero-order valence-corrected chi connectivity index (χ0v) is 8.97. The minimum Gasteiger partial charge on any atom is -0.481 e. The third-order valence-electron chi connectivity index (χ3n) is 1.62. The van der Waals surface area contributed by atoms with Gasteiger partial charge in [0.1, 0.15) is 4.60 Å². The highest BCUT2D eigenvalue weighted by Gasteiger charge is 2.02. The Morgan fingerprint density at radius 3 is 2.93 bits per heavy atom. The van der Waals surface area contributed by atoms with Crippen LogP contribution in [-0.2, 0) is 0 Å². The Labute approximate surface area is 88.8 Å². The van der Waals surface area contributed by atoms with E-state index in [9.17, 15) is 0 Å². The van der Waals surface area contributed by atoms with E-state index in [4.69, 9.17) is 4.74 Å². The van der Waals surface area contributed by atoms with Crippen molar-refractivity contribution in [2.75, 3.05) is 7.11 Å². The van der Waals surface area contributed by atoms with Gasteiger partial charge in [-0.2, -0.15) is 4.98 Å². The molecule has 0 spiro atoms. The van der Waals surface area contributed by atoms with E-state index in [1.807, 2.05) is 12.1 Å². The summed E-state index contributed by atoms with van der Waals surface area (Å²) >= 11 is 3.21. The zero-order chi connectivity index (χ0) is 9.97. The predicted octanol–water partition coefficient (Wildman–Crippen LogP) is 1.43. The Balaban J connectivity index is 2.41. The van der Waals surface area contributed by atoms with E-state index in [2.05, 4.69) is 31.2 Å². The highest BCUT2D eigenvalue weighted by molar-refractivity contribution is 9.10. The standard InChI is InChI=1S/C8H7BrN4O/c1-14-8-4-2-3-7(10-8)13-5-6(9)11-12-13/h2-5H,1H3. The molecule has 6 heteroatoms. The number of methoxy groups -OCH3 is 1. The SMILES string of the molecule is COc1cccc(-n2cc(Br)nn2)n1. The summed E-state index contributed by atoms with van der Waals surface area (Å²) in [5, 5.41) is 7.66. The van der Waals surface area contributed by atoms with Crippen LogP contribution in [0.25, 0.3) is 5.82 Å². The van der Waals surface area contributed by atoms with Crippen LogP contribution < -0.4 is 4.74 Å². The number of ether oxygens (including phenoxy) is 1. The van der Waals surface area contributed by atoms with Crippen molar-refractivity contribution in [2.24, 2.45) is 0 Å². The fourth-order valence-corrected chi connectivity index (χ4v) is 1.27. The van der Waals surface area contributed by atoms with Crippen LogP contribution in [0.4, 0.5) is 0 Å². The smallest absolute Gasteiger partial charge is 0.214 e. The average molecular weight is 255 g/mol. The van der Waals surface area contributed by atoms with E-state index in [-0.39, 0.29) is 0 Å². The summed E-state index contributed by atoms with van der Waals surface area (Å²) in [5.41, 5.74) is 0. The fraction of sp³-hybridized carbons (Fsp3) is 0.125. The van der Waals surface area contributed by atoms with Crippen molar-refractivity contribution in [2.45, 2.75) is 0 Å². The first kappa shape index (κ1) is 9.14. The molecule has 0 aliphatic heterocycles. The van der Waals surface area contributed by atoms with E-state index < -0.39 is 0 Å². The molecule has 0 aliphatic rings. The van der Waals surface area contributed by atoms with E-state index >= 15 is 0 Å². The van der Waals surface area contributed by atoms with E-state index in [0.29, 0.717) is 16.3 Å². The Hall–Kier alpha value is -1.43. The van der Waals surface area contributed by atoms with Gasteiger partial charge < -0.3 is 4.74 Å². The summed E-state index contributed by atoms with van der Waals surface area (Å²) in [5.74, 6) is 1.22. The Kier molecular flexibility index (Phi) is 2.45. The average Bonchev–Trinajstić information content (AvgIpc) is 2.65. The number of halogens is 1. The minimum absolute atomic E-state index is 0.550. The maximum absolute atomic E-state index is 5.00. The summed E-state index contributed by atoms with van der Waals surface area (Å²) in [6.07, 6.45) is 1.72. The summed E-state index contributed by atoms with van der Waals surface area (Å²) in [6.45, 7) is 0. The molecule has 14 heavy (non-hydrogen) atoms. The first-order valence-corrected chi connectivity index (χ1v) is 4.68. The lowest BCUT2D eigenvalue weighted by atomic mass is 10.4. The maximum Gasteiger partial charge on any atom is 0.214 e. The van der Waals surface area contributed by atoms with Gasteiger partial charge in [-0.3, -0.25) is 0 Å². The van der Waals surface area contributed by atoms with Crippen LogP contribution in [0.1, 0.15) is 0 Å². The van der Waals surface area contributed by atoms with E-state index in [1.165, 1.54) is 0 Å². The van der Waals surface area contributed by atoms with Crippen LogP contribution in [0.2, 0.25) is 0 Å². The minimum atomic E-state index is 0.550. The molecule has 0 fully saturated rings. The topological polar surface area (TPSA) is 52.8 Å². The van der Waals surface area contributed by atoms with Gasteiger partial charge in [0.25, 0.3) is 0 Å². The number of rotatable bonds is 2. The second kappa shape index (κ2) is 3.75. The lowest BCUT2D eigenvalue weighted by molar-refractivity contribution is 0.397. The lowest BCUT2D eigenvalue weighted by Crippen LogP contribution is -1.99. The Morgan fingerprint density at radius 1 is 1.43 bits per heavy atom. The zero-order valence-electron chi connectivity index (χ0n) is 7.38. The van der Waals surface area contributed by atoms with Crippen molar-refractivity contribution in [3.8, 4) is 11.7 Å². The van der Waals surface area contributed by atoms with E-state index in [0.717, 1.165) is 0 Å². The van der Waals surface area contributed by atoms with Crippen molar-refractivity contribution in [1.29, 1.82) is 0 Å². The molecule has 0 aromatic carbocycles. The molecule has 0 amide bonds. The monoisotopic (exact) mass is 254 g/mol. The van der Waals surface area contributed by atoms with Gasteiger partial charge in [0.15, 0.2) is 5.82 Å². The van der Waals surface area contributed by atoms with Crippen molar-refractivity contribution in [3.63, 3.8) is 0 Å². The molecule has 2 aromatic heterocycles. The van der Waals surface area contributed by atoms with Crippen molar-refractivity contribution in [3.05, 3.63) is 29.0 Å². The molecule has 0 radical (unpaired) electrons. The molecule has 0 saturated heterocycles. The summed E-state index contributed by atoms with van der Waals surface area (Å²) < 4.78 is 7.23. The molecule has 2 heterocycles. The maximum atomic E-state index is 5.00. The summed E-state index contributed by atoms with van der Waals surface area (Å²) in [6, 6.07) is 5.44. The Bertz CT molecular complexity index is 442. The number of hydrogen-bond acceptors (Lipinski definition) is 4. The highest BCUT2D eigenvalue weighted by atomic mass is 79.9. The van der Waals surface area contributed by atoms with Gasteiger partial charge in [0.05, 0.1) is 13.3 Å². The van der Waals surface area contributed by atoms with Gasteiger partial charge >= 0.3 is 0 Å². The second-order valence-electron chi connectivity index (χ2n) is 2.52. The van der Waals surface area contributed by atoms with Crippen LogP contribution >= 0.6 is 15.9 Å². The number of pyridine rings is 1. The molecule has 5 nitrogen and oxygen atoms in total. The summed E-state index contributed by atoms with van der Waals surface area (Å²) in [4.78, 5) is 4.19. The van der Waals surface area contributed by atoms with Crippen LogP contribution in [0.5, 0.6) is 5.88 Å². The predicted molar refractivity (Wildman–Crippen MR) is 53.4 cm³/mol. The van der Waals surface area contributed by atoms with Crippen LogP contribution in [-0.4, -0.2) is 27.1 Å². The van der Waals surface area contributed by atoms with E-state index in [1.54, 1.807) is 24.1 Å². The molecule has 0 atom stereocenters. The van der Waals surface area contributed by atoms with Crippen LogP contribution in [0.3, 0.4) is 0 Å². The van der Waals surface area contributed by atoms with Crippen molar-refractivity contribution < 1.29 is 4.74 Å². The number of nitrogens with zero attached hydrogens (tertiary/aromatic N) is 4. The third kappa shape index (κ3) is 1.74. The lowest BCUT2D eigenvalue weighted by Gasteiger charge is -2.01. The highest BCUT2D eigenvalue weighted by Crippen LogP contribution is 2.11. The molecule has 0 bridgehead atoms. The molecule has 0 aliphatic carbocycles. The van der Waals surface area contributed by atoms with Gasteiger partial charge in [-0.25, -0.2) is 4.68 Å². The normalized spacial score (nSPS) is 10.1. The number of hydrogen-bond donors (Lipinski definition) is 0. The molecule has 0 unspecified atom stereocenters. The number of aromatic nitrogens is 4. The van der Waals surface area contributed by atoms with Gasteiger partial charge in [-0.15, -0.1) is 5.10 Å². The van der Waals surface area contributed by atoms with Crippen LogP contribution in [0, 0.1) is 0 Å². The third-order valence-corrected chi connectivity index (χ3v) is 1.98. The van der Waals surface area contributed by atoms with Gasteiger partial charge in [-0.05, 0) is 22.0 Å².